The first-order valence-electron chi connectivity index (χ1n) is 11.2. The highest BCUT2D eigenvalue weighted by Gasteiger charge is 2.15. The van der Waals surface area contributed by atoms with Gasteiger partial charge >= 0.3 is 0 Å². The second kappa shape index (κ2) is 12.3. The molecule has 1 heterocycles. The van der Waals surface area contributed by atoms with Crippen molar-refractivity contribution >= 4 is 17.9 Å². The number of nitrogens with one attached hydrogen (secondary N) is 2. The molecule has 7 nitrogen and oxygen atoms in total. The molecule has 2 aromatic carbocycles. The average Bonchev–Trinajstić information content (AvgIpc) is 3.35. The van der Waals surface area contributed by atoms with E-state index >= 15 is 0 Å². The number of hydrogen-bond acceptors (Lipinski definition) is 5. The van der Waals surface area contributed by atoms with Crippen molar-refractivity contribution in [1.29, 1.82) is 0 Å². The van der Waals surface area contributed by atoms with E-state index in [-0.39, 0.29) is 17.7 Å². The van der Waals surface area contributed by atoms with Crippen LogP contribution in [0.25, 0.3) is 6.08 Å². The predicted octanol–water partition coefficient (Wildman–Crippen LogP) is 4.60. The SMILES string of the molecule is COc1ccc(C(=O)N/C(=C\c2ccco2)C(=O)NCCCc2ccc(OC(C)C)cc2)cc1. The molecule has 0 saturated carbocycles. The Hall–Kier alpha value is -4.00. The number of methoxy groups -OCH3 is 1. The zero-order valence-corrected chi connectivity index (χ0v) is 19.7. The summed E-state index contributed by atoms with van der Waals surface area (Å²) in [5.41, 5.74) is 1.67. The molecule has 2 amide bonds. The first kappa shape index (κ1) is 24.6. The molecule has 0 atom stereocenters. The molecule has 1 aromatic heterocycles. The second-order valence-corrected chi connectivity index (χ2v) is 7.93. The summed E-state index contributed by atoms with van der Waals surface area (Å²) in [6, 6.07) is 18.0. The maximum Gasteiger partial charge on any atom is 0.267 e. The predicted molar refractivity (Wildman–Crippen MR) is 131 cm³/mol. The van der Waals surface area contributed by atoms with Crippen LogP contribution in [-0.4, -0.2) is 31.6 Å². The van der Waals surface area contributed by atoms with E-state index in [2.05, 4.69) is 10.6 Å². The molecule has 3 rings (SSSR count). The van der Waals surface area contributed by atoms with Gasteiger partial charge in [-0.3, -0.25) is 9.59 Å². The first-order valence-corrected chi connectivity index (χ1v) is 11.2. The minimum absolute atomic E-state index is 0.103. The summed E-state index contributed by atoms with van der Waals surface area (Å²) in [5.74, 6) is 1.15. The third-order valence-electron chi connectivity index (χ3n) is 4.90. The Balaban J connectivity index is 1.57. The van der Waals surface area contributed by atoms with Crippen LogP contribution in [-0.2, 0) is 11.2 Å². The van der Waals surface area contributed by atoms with Crippen molar-refractivity contribution in [3.63, 3.8) is 0 Å². The lowest BCUT2D eigenvalue weighted by atomic mass is 10.1. The van der Waals surface area contributed by atoms with Gasteiger partial charge in [-0.25, -0.2) is 0 Å². The molecule has 0 radical (unpaired) electrons. The minimum Gasteiger partial charge on any atom is -0.497 e. The summed E-state index contributed by atoms with van der Waals surface area (Å²) in [6.45, 7) is 4.44. The number of aryl methyl sites for hydroxylation is 1. The molecule has 0 aliphatic heterocycles. The summed E-state index contributed by atoms with van der Waals surface area (Å²) < 4.78 is 16.1. The Kier molecular flexibility index (Phi) is 8.91. The van der Waals surface area contributed by atoms with Gasteiger partial charge in [-0.15, -0.1) is 0 Å². The van der Waals surface area contributed by atoms with E-state index in [0.717, 1.165) is 24.2 Å². The largest absolute Gasteiger partial charge is 0.497 e. The van der Waals surface area contributed by atoms with Crippen LogP contribution in [0.5, 0.6) is 11.5 Å². The smallest absolute Gasteiger partial charge is 0.267 e. The Labute approximate surface area is 199 Å². The number of ether oxygens (including phenoxy) is 2. The molecule has 34 heavy (non-hydrogen) atoms. The topological polar surface area (TPSA) is 89.8 Å². The molecule has 0 spiro atoms. The normalized spacial score (nSPS) is 11.2. The van der Waals surface area contributed by atoms with Gasteiger partial charge in [-0.1, -0.05) is 12.1 Å². The van der Waals surface area contributed by atoms with Crippen molar-refractivity contribution < 1.29 is 23.5 Å². The van der Waals surface area contributed by atoms with Crippen LogP contribution in [0.15, 0.2) is 77.0 Å². The highest BCUT2D eigenvalue weighted by molar-refractivity contribution is 6.05. The van der Waals surface area contributed by atoms with E-state index in [4.69, 9.17) is 13.9 Å². The minimum atomic E-state index is -0.403. The maximum absolute atomic E-state index is 12.8. The second-order valence-electron chi connectivity index (χ2n) is 7.93. The third-order valence-corrected chi connectivity index (χ3v) is 4.90. The summed E-state index contributed by atoms with van der Waals surface area (Å²) in [4.78, 5) is 25.5. The quantitative estimate of drug-likeness (QED) is 0.321. The van der Waals surface area contributed by atoms with Gasteiger partial charge in [0.05, 0.1) is 19.5 Å². The number of rotatable bonds is 11. The van der Waals surface area contributed by atoms with E-state index in [9.17, 15) is 9.59 Å². The van der Waals surface area contributed by atoms with Crippen LogP contribution in [0.2, 0.25) is 0 Å². The molecule has 178 valence electrons. The number of benzene rings is 2. The maximum atomic E-state index is 12.8. The monoisotopic (exact) mass is 462 g/mol. The molecule has 0 saturated heterocycles. The van der Waals surface area contributed by atoms with Gasteiger partial charge in [-0.05, 0) is 80.8 Å². The molecule has 7 heteroatoms. The van der Waals surface area contributed by atoms with Gasteiger partial charge in [0, 0.05) is 18.2 Å². The molecule has 2 N–H and O–H groups in total. The fourth-order valence-electron chi connectivity index (χ4n) is 3.21. The lowest BCUT2D eigenvalue weighted by molar-refractivity contribution is -0.117. The Morgan fingerprint density at radius 3 is 2.32 bits per heavy atom. The number of furan rings is 1. The zero-order chi connectivity index (χ0) is 24.3. The fourth-order valence-corrected chi connectivity index (χ4v) is 3.21. The van der Waals surface area contributed by atoms with Gasteiger partial charge in [0.15, 0.2) is 0 Å². The highest BCUT2D eigenvalue weighted by Crippen LogP contribution is 2.15. The van der Waals surface area contributed by atoms with Crippen molar-refractivity contribution in [1.82, 2.24) is 10.6 Å². The van der Waals surface area contributed by atoms with Gasteiger partial charge in [-0.2, -0.15) is 0 Å². The van der Waals surface area contributed by atoms with E-state index in [1.807, 2.05) is 38.1 Å². The van der Waals surface area contributed by atoms with E-state index in [1.54, 1.807) is 43.5 Å². The van der Waals surface area contributed by atoms with Crippen LogP contribution in [0.1, 0.15) is 41.9 Å². The highest BCUT2D eigenvalue weighted by atomic mass is 16.5. The van der Waals surface area contributed by atoms with Crippen LogP contribution >= 0.6 is 0 Å². The number of amides is 2. The van der Waals surface area contributed by atoms with Crippen molar-refractivity contribution in [2.24, 2.45) is 0 Å². The van der Waals surface area contributed by atoms with E-state index in [1.165, 1.54) is 12.3 Å². The lowest BCUT2D eigenvalue weighted by Gasteiger charge is -2.12. The first-order chi connectivity index (χ1) is 16.4. The molecule has 0 aliphatic carbocycles. The van der Waals surface area contributed by atoms with Gasteiger partial charge < -0.3 is 24.5 Å². The number of hydrogen-bond donors (Lipinski definition) is 2. The van der Waals surface area contributed by atoms with E-state index in [0.29, 0.717) is 23.6 Å². The van der Waals surface area contributed by atoms with E-state index < -0.39 is 5.91 Å². The summed E-state index contributed by atoms with van der Waals surface area (Å²) in [7, 11) is 1.56. The lowest BCUT2D eigenvalue weighted by Crippen LogP contribution is -2.35. The van der Waals surface area contributed by atoms with Crippen molar-refractivity contribution in [3.8, 4) is 11.5 Å². The van der Waals surface area contributed by atoms with Crippen molar-refractivity contribution in [2.75, 3.05) is 13.7 Å². The molecule has 0 unspecified atom stereocenters. The van der Waals surface area contributed by atoms with Gasteiger partial charge in [0.1, 0.15) is 23.0 Å². The Bertz CT molecular complexity index is 1090. The molecular formula is C27H30N2O5. The number of carbonyl (C=O) groups excluding carboxylic acids is 2. The molecule has 0 bridgehead atoms. The molecular weight excluding hydrogens is 432 g/mol. The standard InChI is InChI=1S/C27H30N2O5/c1-19(2)34-23-12-8-20(9-13-23)6-4-16-28-27(31)25(18-24-7-5-17-33-24)29-26(30)21-10-14-22(32-3)15-11-21/h5,7-15,17-19H,4,6,16H2,1-3H3,(H,28,31)(H,29,30)/b25-18-. The third kappa shape index (κ3) is 7.55. The van der Waals surface area contributed by atoms with Crippen LogP contribution < -0.4 is 20.1 Å². The van der Waals surface area contributed by atoms with Crippen LogP contribution in [0.3, 0.4) is 0 Å². The average molecular weight is 463 g/mol. The van der Waals surface area contributed by atoms with Crippen molar-refractivity contribution in [2.45, 2.75) is 32.8 Å². The fraction of sp³-hybridized carbons (Fsp3) is 0.259. The zero-order valence-electron chi connectivity index (χ0n) is 19.7. The molecule has 0 aliphatic rings. The Morgan fingerprint density at radius 2 is 1.71 bits per heavy atom. The van der Waals surface area contributed by atoms with Crippen LogP contribution in [0.4, 0.5) is 0 Å². The summed E-state index contributed by atoms with van der Waals surface area (Å²) in [6.07, 6.45) is 4.69. The van der Waals surface area contributed by atoms with Gasteiger partial charge in [0.25, 0.3) is 11.8 Å². The van der Waals surface area contributed by atoms with Crippen molar-refractivity contribution in [3.05, 3.63) is 89.5 Å². The van der Waals surface area contributed by atoms with Crippen LogP contribution in [0, 0.1) is 0 Å². The molecule has 3 aromatic rings. The molecule has 0 fully saturated rings. The number of carbonyl (C=O) groups is 2. The Morgan fingerprint density at radius 1 is 1.00 bits per heavy atom. The summed E-state index contributed by atoms with van der Waals surface area (Å²) in [5, 5.41) is 5.55. The van der Waals surface area contributed by atoms with Gasteiger partial charge in [0.2, 0.25) is 0 Å². The summed E-state index contributed by atoms with van der Waals surface area (Å²) >= 11 is 0.